The molecule has 0 saturated carbocycles. The van der Waals surface area contributed by atoms with E-state index in [1.165, 1.54) is 0 Å². The molecular formula is C10H9ClN2O. The van der Waals surface area contributed by atoms with Crippen LogP contribution in [-0.4, -0.2) is 17.1 Å². The molecule has 0 unspecified atom stereocenters. The lowest BCUT2D eigenvalue weighted by Gasteiger charge is -1.96. The first kappa shape index (κ1) is 9.09. The van der Waals surface area contributed by atoms with Crippen LogP contribution in [0.3, 0.4) is 0 Å². The van der Waals surface area contributed by atoms with Crippen molar-refractivity contribution < 1.29 is 4.74 Å². The average Bonchev–Trinajstić information content (AvgIpc) is 2.67. The molecule has 0 saturated heterocycles. The van der Waals surface area contributed by atoms with Gasteiger partial charge in [-0.15, -0.1) is 0 Å². The van der Waals surface area contributed by atoms with Gasteiger partial charge >= 0.3 is 0 Å². The number of aromatic nitrogens is 2. The maximum Gasteiger partial charge on any atom is 0.211 e. The second kappa shape index (κ2) is 3.72. The predicted molar refractivity (Wildman–Crippen MR) is 55.6 cm³/mol. The SMILES string of the molecule is COc1cnc(-c2ccc(Cl)cc2)[nH]1. The van der Waals surface area contributed by atoms with E-state index in [2.05, 4.69) is 9.97 Å². The van der Waals surface area contributed by atoms with E-state index in [4.69, 9.17) is 16.3 Å². The minimum atomic E-state index is 0.648. The molecule has 1 heterocycles. The normalized spacial score (nSPS) is 10.1. The molecule has 4 heteroatoms. The Morgan fingerprint density at radius 1 is 1.29 bits per heavy atom. The molecule has 0 aliphatic rings. The number of ether oxygens (including phenoxy) is 1. The summed E-state index contributed by atoms with van der Waals surface area (Å²) in [5, 5.41) is 0.715. The van der Waals surface area contributed by atoms with Gasteiger partial charge in [0.05, 0.1) is 13.3 Å². The third-order valence-electron chi connectivity index (χ3n) is 1.89. The number of nitrogens with zero attached hydrogens (tertiary/aromatic N) is 1. The maximum atomic E-state index is 5.78. The molecular weight excluding hydrogens is 200 g/mol. The number of hydrogen-bond acceptors (Lipinski definition) is 2. The fourth-order valence-electron chi connectivity index (χ4n) is 1.16. The lowest BCUT2D eigenvalue weighted by molar-refractivity contribution is 0.400. The summed E-state index contributed by atoms with van der Waals surface area (Å²) in [4.78, 5) is 7.19. The number of halogens is 1. The van der Waals surface area contributed by atoms with Crippen molar-refractivity contribution in [3.8, 4) is 17.3 Å². The number of nitrogens with one attached hydrogen (secondary N) is 1. The topological polar surface area (TPSA) is 37.9 Å². The van der Waals surface area contributed by atoms with Crippen LogP contribution in [0.25, 0.3) is 11.4 Å². The zero-order valence-electron chi connectivity index (χ0n) is 7.62. The second-order valence-electron chi connectivity index (χ2n) is 2.81. The Bertz CT molecular complexity index is 422. The molecule has 1 aromatic carbocycles. The third-order valence-corrected chi connectivity index (χ3v) is 2.14. The molecule has 0 fully saturated rings. The van der Waals surface area contributed by atoms with Crippen LogP contribution in [0.5, 0.6) is 5.88 Å². The Hall–Kier alpha value is -1.48. The first-order valence-corrected chi connectivity index (χ1v) is 4.52. The van der Waals surface area contributed by atoms with Crippen LogP contribution in [0.2, 0.25) is 5.02 Å². The summed E-state index contributed by atoms with van der Waals surface area (Å²) in [6, 6.07) is 7.46. The summed E-state index contributed by atoms with van der Waals surface area (Å²) < 4.78 is 5.00. The van der Waals surface area contributed by atoms with Crippen molar-refractivity contribution in [2.24, 2.45) is 0 Å². The van der Waals surface area contributed by atoms with E-state index in [-0.39, 0.29) is 0 Å². The summed E-state index contributed by atoms with van der Waals surface area (Å²) in [5.41, 5.74) is 0.984. The zero-order chi connectivity index (χ0) is 9.97. The van der Waals surface area contributed by atoms with Gasteiger partial charge in [0.1, 0.15) is 5.82 Å². The van der Waals surface area contributed by atoms with Crippen LogP contribution in [0, 0.1) is 0 Å². The summed E-state index contributed by atoms with van der Waals surface area (Å²) in [6.45, 7) is 0. The van der Waals surface area contributed by atoms with Crippen LogP contribution in [0.15, 0.2) is 30.5 Å². The van der Waals surface area contributed by atoms with Gasteiger partial charge in [0.2, 0.25) is 5.88 Å². The highest BCUT2D eigenvalue weighted by atomic mass is 35.5. The van der Waals surface area contributed by atoms with E-state index >= 15 is 0 Å². The van der Waals surface area contributed by atoms with Crippen LogP contribution in [0.4, 0.5) is 0 Å². The maximum absolute atomic E-state index is 5.78. The van der Waals surface area contributed by atoms with Crippen LogP contribution in [-0.2, 0) is 0 Å². The fraction of sp³-hybridized carbons (Fsp3) is 0.100. The molecule has 0 aliphatic carbocycles. The van der Waals surface area contributed by atoms with Crippen molar-refractivity contribution in [3.63, 3.8) is 0 Å². The van der Waals surface area contributed by atoms with Gasteiger partial charge in [-0.05, 0) is 24.3 Å². The highest BCUT2D eigenvalue weighted by molar-refractivity contribution is 6.30. The van der Waals surface area contributed by atoms with E-state index in [1.807, 2.05) is 24.3 Å². The Balaban J connectivity index is 2.34. The third kappa shape index (κ3) is 1.72. The van der Waals surface area contributed by atoms with Gasteiger partial charge in [-0.25, -0.2) is 4.98 Å². The first-order chi connectivity index (χ1) is 6.79. The van der Waals surface area contributed by atoms with Crippen molar-refractivity contribution in [2.75, 3.05) is 7.11 Å². The smallest absolute Gasteiger partial charge is 0.211 e. The lowest BCUT2D eigenvalue weighted by Crippen LogP contribution is -1.82. The minimum Gasteiger partial charge on any atom is -0.481 e. The number of imidazole rings is 1. The number of benzene rings is 1. The van der Waals surface area contributed by atoms with Gasteiger partial charge in [-0.2, -0.15) is 0 Å². The molecule has 1 N–H and O–H groups in total. The van der Waals surface area contributed by atoms with Crippen molar-refractivity contribution in [3.05, 3.63) is 35.5 Å². The van der Waals surface area contributed by atoms with Gasteiger partial charge in [0.25, 0.3) is 0 Å². The summed E-state index contributed by atoms with van der Waals surface area (Å²) in [7, 11) is 1.60. The number of aromatic amines is 1. The monoisotopic (exact) mass is 208 g/mol. The van der Waals surface area contributed by atoms with Gasteiger partial charge in [0.15, 0.2) is 0 Å². The Labute approximate surface area is 86.7 Å². The summed E-state index contributed by atoms with van der Waals surface area (Å²) >= 11 is 5.78. The molecule has 0 radical (unpaired) electrons. The lowest BCUT2D eigenvalue weighted by atomic mass is 10.2. The number of H-pyrrole nitrogens is 1. The highest BCUT2D eigenvalue weighted by Crippen LogP contribution is 2.20. The first-order valence-electron chi connectivity index (χ1n) is 4.14. The van der Waals surface area contributed by atoms with E-state index < -0.39 is 0 Å². The van der Waals surface area contributed by atoms with Gasteiger partial charge in [0, 0.05) is 10.6 Å². The molecule has 2 aromatic rings. The van der Waals surface area contributed by atoms with Crippen molar-refractivity contribution in [1.82, 2.24) is 9.97 Å². The van der Waals surface area contributed by atoms with Crippen molar-refractivity contribution in [2.45, 2.75) is 0 Å². The van der Waals surface area contributed by atoms with E-state index in [1.54, 1.807) is 13.3 Å². The predicted octanol–water partition coefficient (Wildman–Crippen LogP) is 2.74. The largest absolute Gasteiger partial charge is 0.481 e. The van der Waals surface area contributed by atoms with E-state index in [0.717, 1.165) is 11.4 Å². The second-order valence-corrected chi connectivity index (χ2v) is 3.24. The van der Waals surface area contributed by atoms with Gasteiger partial charge in [-0.1, -0.05) is 11.6 Å². The Morgan fingerprint density at radius 2 is 2.00 bits per heavy atom. The standard InChI is InChI=1S/C10H9ClN2O/c1-14-9-6-12-10(13-9)7-2-4-8(11)5-3-7/h2-6H,1H3,(H,12,13). The molecule has 3 nitrogen and oxygen atoms in total. The van der Waals surface area contributed by atoms with Crippen molar-refractivity contribution in [1.29, 1.82) is 0 Å². The van der Waals surface area contributed by atoms with E-state index in [9.17, 15) is 0 Å². The molecule has 0 atom stereocenters. The molecule has 2 rings (SSSR count). The molecule has 72 valence electrons. The van der Waals surface area contributed by atoms with Gasteiger partial charge in [-0.3, -0.25) is 0 Å². The van der Waals surface area contributed by atoms with E-state index in [0.29, 0.717) is 10.9 Å². The van der Waals surface area contributed by atoms with Crippen LogP contribution in [0.1, 0.15) is 0 Å². The highest BCUT2D eigenvalue weighted by Gasteiger charge is 2.02. The van der Waals surface area contributed by atoms with Crippen molar-refractivity contribution >= 4 is 11.6 Å². The Kier molecular flexibility index (Phi) is 2.41. The number of methoxy groups -OCH3 is 1. The zero-order valence-corrected chi connectivity index (χ0v) is 8.38. The fourth-order valence-corrected chi connectivity index (χ4v) is 1.29. The molecule has 0 amide bonds. The van der Waals surface area contributed by atoms with Gasteiger partial charge < -0.3 is 9.72 Å². The average molecular weight is 209 g/mol. The summed E-state index contributed by atoms with van der Waals surface area (Å²) in [5.74, 6) is 1.42. The van der Waals surface area contributed by atoms with Crippen LogP contribution >= 0.6 is 11.6 Å². The molecule has 0 aliphatic heterocycles. The van der Waals surface area contributed by atoms with Crippen LogP contribution < -0.4 is 4.74 Å². The quantitative estimate of drug-likeness (QED) is 0.824. The molecule has 14 heavy (non-hydrogen) atoms. The number of rotatable bonds is 2. The summed E-state index contributed by atoms with van der Waals surface area (Å²) in [6.07, 6.45) is 1.64. The molecule has 0 spiro atoms. The minimum absolute atomic E-state index is 0.648. The molecule has 1 aromatic heterocycles. The Morgan fingerprint density at radius 3 is 2.57 bits per heavy atom. The number of hydrogen-bond donors (Lipinski definition) is 1. The molecule has 0 bridgehead atoms.